The standard InChI is InChI=1S/C16H18O6S.2C6H6O/c17-9-11-21-13-1-5-15(6-2-13)23(19,20)16-7-3-14(4-8-16)22-12-10-18;2*7-6-4-2-1-3-5-6/h1-8,17-18H,9-12H2;2*1-5,7H. The van der Waals surface area contributed by atoms with Crippen LogP contribution >= 0.6 is 0 Å². The molecule has 0 amide bonds. The third-order valence-corrected chi connectivity index (χ3v) is 6.29. The van der Waals surface area contributed by atoms with Crippen LogP contribution in [0.25, 0.3) is 0 Å². The fourth-order valence-corrected chi connectivity index (χ4v) is 4.01. The molecule has 9 heteroatoms. The summed E-state index contributed by atoms with van der Waals surface area (Å²) < 4.78 is 35.4. The van der Waals surface area contributed by atoms with E-state index in [0.717, 1.165) is 0 Å². The number of phenolic OH excluding ortho intramolecular Hbond substituents is 2. The molecule has 0 saturated heterocycles. The van der Waals surface area contributed by atoms with Crippen LogP contribution in [0.4, 0.5) is 0 Å². The molecule has 0 saturated carbocycles. The van der Waals surface area contributed by atoms with E-state index in [2.05, 4.69) is 0 Å². The lowest BCUT2D eigenvalue weighted by Gasteiger charge is -2.08. The third kappa shape index (κ3) is 10.6. The van der Waals surface area contributed by atoms with Gasteiger partial charge in [-0.15, -0.1) is 0 Å². The van der Waals surface area contributed by atoms with Crippen LogP contribution in [0.2, 0.25) is 0 Å². The van der Waals surface area contributed by atoms with Crippen LogP contribution in [-0.2, 0) is 9.84 Å². The minimum Gasteiger partial charge on any atom is -0.508 e. The van der Waals surface area contributed by atoms with E-state index in [1.54, 1.807) is 72.8 Å². The first kappa shape index (κ1) is 29.2. The number of aliphatic hydroxyl groups is 2. The van der Waals surface area contributed by atoms with Crippen molar-refractivity contribution in [3.05, 3.63) is 109 Å². The number of para-hydroxylation sites is 2. The predicted octanol–water partition coefficient (Wildman–Crippen LogP) is 4.05. The molecule has 4 aromatic rings. The zero-order chi connectivity index (χ0) is 26.9. The highest BCUT2D eigenvalue weighted by Crippen LogP contribution is 2.25. The van der Waals surface area contributed by atoms with Gasteiger partial charge < -0.3 is 29.9 Å². The zero-order valence-corrected chi connectivity index (χ0v) is 20.9. The molecule has 0 unspecified atom stereocenters. The molecule has 0 spiro atoms. The predicted molar refractivity (Wildman–Crippen MR) is 140 cm³/mol. The molecule has 0 aliphatic heterocycles. The first-order valence-corrected chi connectivity index (χ1v) is 12.8. The smallest absolute Gasteiger partial charge is 0.206 e. The summed E-state index contributed by atoms with van der Waals surface area (Å²) >= 11 is 0. The lowest BCUT2D eigenvalue weighted by atomic mass is 10.3. The molecule has 0 bridgehead atoms. The Morgan fingerprint density at radius 3 is 1.08 bits per heavy atom. The molecule has 0 fully saturated rings. The van der Waals surface area contributed by atoms with Crippen LogP contribution in [-0.4, -0.2) is 55.3 Å². The second-order valence-electron chi connectivity index (χ2n) is 7.26. The Hall–Kier alpha value is -4.05. The largest absolute Gasteiger partial charge is 0.508 e. The Balaban J connectivity index is 0.000000276. The van der Waals surface area contributed by atoms with Gasteiger partial charge in [-0.1, -0.05) is 36.4 Å². The van der Waals surface area contributed by atoms with Gasteiger partial charge in [0.05, 0.1) is 23.0 Å². The number of hydrogen-bond donors (Lipinski definition) is 4. The van der Waals surface area contributed by atoms with Crippen molar-refractivity contribution in [2.75, 3.05) is 26.4 Å². The minimum atomic E-state index is -3.62. The van der Waals surface area contributed by atoms with E-state index in [9.17, 15) is 8.42 Å². The maximum absolute atomic E-state index is 12.5. The van der Waals surface area contributed by atoms with Gasteiger partial charge >= 0.3 is 0 Å². The fourth-order valence-electron chi connectivity index (χ4n) is 2.75. The lowest BCUT2D eigenvalue weighted by molar-refractivity contribution is 0.201. The van der Waals surface area contributed by atoms with Gasteiger partial charge in [0.1, 0.15) is 36.2 Å². The molecule has 0 aromatic heterocycles. The number of hydrogen-bond acceptors (Lipinski definition) is 8. The summed E-state index contributed by atoms with van der Waals surface area (Å²) in [6.07, 6.45) is 0. The summed E-state index contributed by atoms with van der Waals surface area (Å²) in [5, 5.41) is 34.6. The number of ether oxygens (including phenoxy) is 2. The highest BCUT2D eigenvalue weighted by atomic mass is 32.2. The molecule has 8 nitrogen and oxygen atoms in total. The number of aliphatic hydroxyl groups excluding tert-OH is 2. The van der Waals surface area contributed by atoms with Crippen molar-refractivity contribution in [2.24, 2.45) is 0 Å². The first-order valence-electron chi connectivity index (χ1n) is 11.3. The number of rotatable bonds is 8. The highest BCUT2D eigenvalue weighted by molar-refractivity contribution is 7.91. The summed E-state index contributed by atoms with van der Waals surface area (Å²) in [6, 6.07) is 29.4. The molecule has 4 aromatic carbocycles. The molecule has 0 atom stereocenters. The van der Waals surface area contributed by atoms with E-state index in [-0.39, 0.29) is 36.2 Å². The Morgan fingerprint density at radius 1 is 0.514 bits per heavy atom. The van der Waals surface area contributed by atoms with Crippen LogP contribution in [0.15, 0.2) is 119 Å². The molecular weight excluding hydrogens is 496 g/mol. The summed E-state index contributed by atoms with van der Waals surface area (Å²) in [6.45, 7) is 0.0955. The number of phenols is 2. The number of benzene rings is 4. The van der Waals surface area contributed by atoms with Gasteiger partial charge in [0.25, 0.3) is 0 Å². The van der Waals surface area contributed by atoms with E-state index in [1.165, 1.54) is 24.3 Å². The van der Waals surface area contributed by atoms with Crippen molar-refractivity contribution in [1.29, 1.82) is 0 Å². The molecule has 4 N–H and O–H groups in total. The van der Waals surface area contributed by atoms with E-state index < -0.39 is 9.84 Å². The quantitative estimate of drug-likeness (QED) is 0.270. The molecule has 37 heavy (non-hydrogen) atoms. The van der Waals surface area contributed by atoms with E-state index in [4.69, 9.17) is 29.9 Å². The van der Waals surface area contributed by atoms with E-state index >= 15 is 0 Å². The Kier molecular flexibility index (Phi) is 12.5. The van der Waals surface area contributed by atoms with Crippen LogP contribution in [0.5, 0.6) is 23.0 Å². The normalized spacial score (nSPS) is 10.2. The molecule has 0 radical (unpaired) electrons. The summed E-state index contributed by atoms with van der Waals surface area (Å²) in [7, 11) is -3.62. The molecule has 0 aliphatic rings. The third-order valence-electron chi connectivity index (χ3n) is 4.50. The lowest BCUT2D eigenvalue weighted by Crippen LogP contribution is -2.04. The first-order chi connectivity index (χ1) is 17.9. The molecular formula is C28H30O8S. The Morgan fingerprint density at radius 2 is 0.838 bits per heavy atom. The van der Waals surface area contributed by atoms with Gasteiger partial charge in [0.15, 0.2) is 0 Å². The van der Waals surface area contributed by atoms with Crippen molar-refractivity contribution in [2.45, 2.75) is 9.79 Å². The fraction of sp³-hybridized carbons (Fsp3) is 0.143. The highest BCUT2D eigenvalue weighted by Gasteiger charge is 2.17. The van der Waals surface area contributed by atoms with Gasteiger partial charge in [0, 0.05) is 0 Å². The monoisotopic (exact) mass is 526 g/mol. The van der Waals surface area contributed by atoms with Gasteiger partial charge in [-0.3, -0.25) is 0 Å². The summed E-state index contributed by atoms with van der Waals surface area (Å²) in [5.41, 5.74) is 0. The maximum Gasteiger partial charge on any atom is 0.206 e. The second kappa shape index (κ2) is 15.8. The van der Waals surface area contributed by atoms with E-state index in [1.807, 2.05) is 12.1 Å². The second-order valence-corrected chi connectivity index (χ2v) is 9.21. The van der Waals surface area contributed by atoms with Gasteiger partial charge in [-0.2, -0.15) is 0 Å². The number of sulfone groups is 1. The summed E-state index contributed by atoms with van der Waals surface area (Å²) in [4.78, 5) is 0.302. The SMILES string of the molecule is O=S(=O)(c1ccc(OCCO)cc1)c1ccc(OCCO)cc1.Oc1ccccc1.Oc1ccccc1. The van der Waals surface area contributed by atoms with Crippen LogP contribution in [0.3, 0.4) is 0 Å². The van der Waals surface area contributed by atoms with Crippen LogP contribution in [0, 0.1) is 0 Å². The van der Waals surface area contributed by atoms with Gasteiger partial charge in [-0.05, 0) is 72.8 Å². The zero-order valence-electron chi connectivity index (χ0n) is 20.1. The molecule has 196 valence electrons. The van der Waals surface area contributed by atoms with Crippen molar-refractivity contribution in [1.82, 2.24) is 0 Å². The topological polar surface area (TPSA) is 134 Å². The molecule has 0 aliphatic carbocycles. The molecule has 4 rings (SSSR count). The summed E-state index contributed by atoms with van der Waals surface area (Å²) in [5.74, 6) is 1.63. The van der Waals surface area contributed by atoms with Crippen molar-refractivity contribution in [3.8, 4) is 23.0 Å². The van der Waals surface area contributed by atoms with Gasteiger partial charge in [0.2, 0.25) is 9.84 Å². The van der Waals surface area contributed by atoms with Gasteiger partial charge in [-0.25, -0.2) is 8.42 Å². The average Bonchev–Trinajstić information content (AvgIpc) is 2.93. The van der Waals surface area contributed by atoms with Crippen molar-refractivity contribution in [3.63, 3.8) is 0 Å². The molecule has 0 heterocycles. The Labute approximate surface area is 216 Å². The maximum atomic E-state index is 12.5. The van der Waals surface area contributed by atoms with E-state index in [0.29, 0.717) is 23.0 Å². The van der Waals surface area contributed by atoms with Crippen molar-refractivity contribution >= 4 is 9.84 Å². The van der Waals surface area contributed by atoms with Crippen molar-refractivity contribution < 1.29 is 38.3 Å². The average molecular weight is 527 g/mol. The van der Waals surface area contributed by atoms with Crippen LogP contribution < -0.4 is 9.47 Å². The Bertz CT molecular complexity index is 1150. The number of aromatic hydroxyl groups is 2. The van der Waals surface area contributed by atoms with Crippen LogP contribution in [0.1, 0.15) is 0 Å². The minimum absolute atomic E-state index is 0.106.